The van der Waals surface area contributed by atoms with Gasteiger partial charge in [0.15, 0.2) is 5.82 Å². The molecule has 1 fully saturated rings. The van der Waals surface area contributed by atoms with Gasteiger partial charge in [0.25, 0.3) is 0 Å². The summed E-state index contributed by atoms with van der Waals surface area (Å²) < 4.78 is 30.8. The van der Waals surface area contributed by atoms with Gasteiger partial charge >= 0.3 is 6.01 Å². The van der Waals surface area contributed by atoms with Gasteiger partial charge in [0.1, 0.15) is 5.82 Å². The first kappa shape index (κ1) is 22.3. The fourth-order valence-electron chi connectivity index (χ4n) is 3.20. The molecule has 0 unspecified atom stereocenters. The molecule has 2 aromatic heterocycles. The lowest BCUT2D eigenvalue weighted by Crippen LogP contribution is -2.42. The van der Waals surface area contributed by atoms with Crippen molar-refractivity contribution in [2.45, 2.75) is 19.6 Å². The fourth-order valence-corrected chi connectivity index (χ4v) is 3.20. The standard InChI is InChI=1S/C22H26FN5O4/c1-22(11-24)12-31-20(32-13-22)19-27-17(14-3-5-15(23)6-4-14)18(28-19)16-7-8-25-21(26-16)30-10-2-9-29/h3-8,20,29H,2,9-13,24H2,1H3,(H,27,28). The molecule has 0 saturated carbocycles. The van der Waals surface area contributed by atoms with Crippen molar-refractivity contribution in [3.05, 3.63) is 48.2 Å². The predicted octanol–water partition coefficient (Wildman–Crippen LogP) is 2.44. The maximum atomic E-state index is 13.5. The van der Waals surface area contributed by atoms with Gasteiger partial charge in [0, 0.05) is 36.7 Å². The van der Waals surface area contributed by atoms with Crippen LogP contribution >= 0.6 is 0 Å². The molecule has 1 aromatic carbocycles. The molecular formula is C22H26FN5O4. The van der Waals surface area contributed by atoms with Gasteiger partial charge in [-0.3, -0.25) is 0 Å². The van der Waals surface area contributed by atoms with E-state index in [0.29, 0.717) is 61.3 Å². The molecule has 0 aliphatic carbocycles. The number of benzene rings is 1. The van der Waals surface area contributed by atoms with Crippen molar-refractivity contribution < 1.29 is 23.7 Å². The van der Waals surface area contributed by atoms with Crippen LogP contribution < -0.4 is 10.5 Å². The summed E-state index contributed by atoms with van der Waals surface area (Å²) in [5.74, 6) is 0.132. The van der Waals surface area contributed by atoms with Crippen molar-refractivity contribution in [2.24, 2.45) is 11.1 Å². The normalized spacial score (nSPS) is 20.9. The van der Waals surface area contributed by atoms with Crippen LogP contribution in [0.1, 0.15) is 25.5 Å². The van der Waals surface area contributed by atoms with E-state index in [2.05, 4.69) is 15.0 Å². The highest BCUT2D eigenvalue weighted by Gasteiger charge is 2.34. The number of imidazole rings is 1. The van der Waals surface area contributed by atoms with Gasteiger partial charge in [-0.15, -0.1) is 0 Å². The van der Waals surface area contributed by atoms with Crippen LogP contribution in [0.15, 0.2) is 36.5 Å². The van der Waals surface area contributed by atoms with E-state index in [1.165, 1.54) is 12.1 Å². The quantitative estimate of drug-likeness (QED) is 0.453. The number of aliphatic hydroxyl groups excluding tert-OH is 1. The Morgan fingerprint density at radius 2 is 1.97 bits per heavy atom. The van der Waals surface area contributed by atoms with Gasteiger partial charge in [-0.2, -0.15) is 4.98 Å². The number of nitrogens with two attached hydrogens (primary N) is 1. The van der Waals surface area contributed by atoms with E-state index < -0.39 is 6.29 Å². The maximum Gasteiger partial charge on any atom is 0.316 e. The van der Waals surface area contributed by atoms with Crippen LogP contribution in [0.3, 0.4) is 0 Å². The summed E-state index contributed by atoms with van der Waals surface area (Å²) in [4.78, 5) is 16.5. The number of aromatic amines is 1. The number of ether oxygens (including phenoxy) is 3. The highest BCUT2D eigenvalue weighted by molar-refractivity contribution is 5.76. The van der Waals surface area contributed by atoms with Crippen LogP contribution in [0.25, 0.3) is 22.6 Å². The highest BCUT2D eigenvalue weighted by atomic mass is 19.1. The van der Waals surface area contributed by atoms with Crippen molar-refractivity contribution in [1.82, 2.24) is 19.9 Å². The summed E-state index contributed by atoms with van der Waals surface area (Å²) in [7, 11) is 0. The van der Waals surface area contributed by atoms with Gasteiger partial charge in [0.05, 0.1) is 36.9 Å². The number of hydrogen-bond donors (Lipinski definition) is 3. The molecule has 1 aliphatic heterocycles. The zero-order valence-corrected chi connectivity index (χ0v) is 17.8. The monoisotopic (exact) mass is 443 g/mol. The molecule has 4 N–H and O–H groups in total. The van der Waals surface area contributed by atoms with Crippen LogP contribution in [-0.4, -0.2) is 58.0 Å². The predicted molar refractivity (Wildman–Crippen MR) is 114 cm³/mol. The smallest absolute Gasteiger partial charge is 0.316 e. The number of aromatic nitrogens is 4. The first-order chi connectivity index (χ1) is 15.5. The molecule has 32 heavy (non-hydrogen) atoms. The number of nitrogens with one attached hydrogen (secondary N) is 1. The van der Waals surface area contributed by atoms with Crippen molar-refractivity contribution >= 4 is 0 Å². The number of rotatable bonds is 8. The first-order valence-corrected chi connectivity index (χ1v) is 10.4. The Kier molecular flexibility index (Phi) is 6.75. The largest absolute Gasteiger partial charge is 0.463 e. The molecule has 0 bridgehead atoms. The van der Waals surface area contributed by atoms with Crippen molar-refractivity contribution in [1.29, 1.82) is 0 Å². The van der Waals surface area contributed by atoms with E-state index in [0.717, 1.165) is 0 Å². The maximum absolute atomic E-state index is 13.5. The van der Waals surface area contributed by atoms with E-state index in [4.69, 9.17) is 30.0 Å². The van der Waals surface area contributed by atoms with E-state index in [1.807, 2.05) is 6.92 Å². The fraction of sp³-hybridized carbons (Fsp3) is 0.409. The number of halogens is 1. The molecule has 0 atom stereocenters. The van der Waals surface area contributed by atoms with Gasteiger partial charge in [-0.05, 0) is 30.3 Å². The van der Waals surface area contributed by atoms with Crippen LogP contribution in [-0.2, 0) is 9.47 Å². The second-order valence-corrected chi connectivity index (χ2v) is 7.97. The van der Waals surface area contributed by atoms with Gasteiger partial charge in [-0.25, -0.2) is 14.4 Å². The van der Waals surface area contributed by atoms with Gasteiger partial charge in [0.2, 0.25) is 6.29 Å². The Balaban J connectivity index is 1.68. The summed E-state index contributed by atoms with van der Waals surface area (Å²) in [6.07, 6.45) is 1.36. The van der Waals surface area contributed by atoms with Gasteiger partial charge in [-0.1, -0.05) is 6.92 Å². The lowest BCUT2D eigenvalue weighted by Gasteiger charge is -2.35. The van der Waals surface area contributed by atoms with E-state index >= 15 is 0 Å². The number of aliphatic hydroxyl groups is 1. The number of hydrogen-bond acceptors (Lipinski definition) is 8. The third-order valence-corrected chi connectivity index (χ3v) is 5.15. The summed E-state index contributed by atoms with van der Waals surface area (Å²) in [5.41, 5.74) is 7.98. The lowest BCUT2D eigenvalue weighted by molar-refractivity contribution is -0.231. The number of H-pyrrole nitrogens is 1. The van der Waals surface area contributed by atoms with Crippen LogP contribution in [0.4, 0.5) is 4.39 Å². The Morgan fingerprint density at radius 1 is 1.22 bits per heavy atom. The molecule has 4 rings (SSSR count). The molecular weight excluding hydrogens is 417 g/mol. The van der Waals surface area contributed by atoms with Crippen LogP contribution in [0, 0.1) is 11.2 Å². The Labute approximate surface area is 184 Å². The molecule has 0 spiro atoms. The van der Waals surface area contributed by atoms with Crippen molar-refractivity contribution in [2.75, 3.05) is 33.0 Å². The highest BCUT2D eigenvalue weighted by Crippen LogP contribution is 2.35. The van der Waals surface area contributed by atoms with Crippen LogP contribution in [0.2, 0.25) is 0 Å². The molecule has 0 radical (unpaired) electrons. The van der Waals surface area contributed by atoms with Crippen LogP contribution in [0.5, 0.6) is 6.01 Å². The zero-order chi connectivity index (χ0) is 22.6. The first-order valence-electron chi connectivity index (χ1n) is 10.4. The SMILES string of the molecule is CC1(CN)COC(c2nc(-c3ccc(F)cc3)c(-c3ccnc(OCCCO)n3)[nH]2)OC1. The average Bonchev–Trinajstić information content (AvgIpc) is 3.26. The molecule has 3 heterocycles. The lowest BCUT2D eigenvalue weighted by atomic mass is 9.93. The molecule has 1 saturated heterocycles. The van der Waals surface area contributed by atoms with E-state index in [-0.39, 0.29) is 23.8 Å². The Morgan fingerprint density at radius 3 is 2.66 bits per heavy atom. The third kappa shape index (κ3) is 4.94. The zero-order valence-electron chi connectivity index (χ0n) is 17.8. The summed E-state index contributed by atoms with van der Waals surface area (Å²) in [5, 5.41) is 8.94. The molecule has 9 nitrogen and oxygen atoms in total. The van der Waals surface area contributed by atoms with E-state index in [1.54, 1.807) is 24.4 Å². The minimum absolute atomic E-state index is 0.0168. The third-order valence-electron chi connectivity index (χ3n) is 5.15. The molecule has 10 heteroatoms. The summed E-state index contributed by atoms with van der Waals surface area (Å²) in [6, 6.07) is 7.94. The minimum Gasteiger partial charge on any atom is -0.463 e. The molecule has 1 aliphatic rings. The Bertz CT molecular complexity index is 1040. The molecule has 0 amide bonds. The number of nitrogens with zero attached hydrogens (tertiary/aromatic N) is 3. The summed E-state index contributed by atoms with van der Waals surface area (Å²) in [6.45, 7) is 3.63. The topological polar surface area (TPSA) is 128 Å². The molecule has 170 valence electrons. The minimum atomic E-state index is -0.690. The van der Waals surface area contributed by atoms with Crippen molar-refractivity contribution in [3.63, 3.8) is 0 Å². The second-order valence-electron chi connectivity index (χ2n) is 7.97. The Hall–Kier alpha value is -2.92. The summed E-state index contributed by atoms with van der Waals surface area (Å²) >= 11 is 0. The second kappa shape index (κ2) is 9.70. The van der Waals surface area contributed by atoms with Gasteiger partial charge < -0.3 is 30.0 Å². The average molecular weight is 443 g/mol. The molecule has 3 aromatic rings. The van der Waals surface area contributed by atoms with E-state index in [9.17, 15) is 4.39 Å². The van der Waals surface area contributed by atoms with Crippen molar-refractivity contribution in [3.8, 4) is 28.7 Å².